The van der Waals surface area contributed by atoms with Gasteiger partial charge in [-0.15, -0.1) is 0 Å². The average Bonchev–Trinajstić information content (AvgIpc) is 2.52. The van der Waals surface area contributed by atoms with Crippen molar-refractivity contribution >= 4 is 28.4 Å². The highest BCUT2D eigenvalue weighted by atomic mass is 16.5. The fraction of sp³-hybridized carbons (Fsp3) is 0.235. The van der Waals surface area contributed by atoms with E-state index in [0.29, 0.717) is 5.56 Å². The van der Waals surface area contributed by atoms with Crippen LogP contribution < -0.4 is 0 Å². The van der Waals surface area contributed by atoms with Gasteiger partial charge in [-0.3, -0.25) is 4.98 Å². The number of carbonyl (C=O) groups is 2. The Bertz CT molecular complexity index is 716. The first-order chi connectivity index (χ1) is 10.7. The summed E-state index contributed by atoms with van der Waals surface area (Å²) in [5.74, 6) is -1.14. The van der Waals surface area contributed by atoms with Crippen LogP contribution in [0.3, 0.4) is 0 Å². The fourth-order valence-corrected chi connectivity index (χ4v) is 2.10. The summed E-state index contributed by atoms with van der Waals surface area (Å²) in [6.45, 7) is 3.88. The van der Waals surface area contributed by atoms with Crippen LogP contribution in [0.4, 0.5) is 0 Å². The summed E-state index contributed by atoms with van der Waals surface area (Å²) < 4.78 is 9.95. The molecule has 0 unspecified atom stereocenters. The van der Waals surface area contributed by atoms with Crippen LogP contribution >= 0.6 is 0 Å². The monoisotopic (exact) mass is 299 g/mol. The maximum atomic E-state index is 12.2. The molecule has 1 heterocycles. The average molecular weight is 299 g/mol. The van der Waals surface area contributed by atoms with Gasteiger partial charge >= 0.3 is 11.9 Å². The molecule has 0 fully saturated rings. The van der Waals surface area contributed by atoms with Gasteiger partial charge in [-0.25, -0.2) is 9.59 Å². The van der Waals surface area contributed by atoms with Crippen LogP contribution in [0.25, 0.3) is 16.5 Å². The van der Waals surface area contributed by atoms with Crippen LogP contribution in [-0.4, -0.2) is 30.1 Å². The van der Waals surface area contributed by atoms with Crippen molar-refractivity contribution in [3.05, 3.63) is 48.2 Å². The molecule has 0 aliphatic carbocycles. The molecule has 1 aromatic heterocycles. The molecule has 0 bridgehead atoms. The molecule has 5 nitrogen and oxygen atoms in total. The molecule has 5 heteroatoms. The Morgan fingerprint density at radius 2 is 1.86 bits per heavy atom. The number of carbonyl (C=O) groups excluding carboxylic acids is 2. The molecule has 22 heavy (non-hydrogen) atoms. The summed E-state index contributed by atoms with van der Waals surface area (Å²) in [6, 6.07) is 9.00. The molecule has 0 aliphatic rings. The SMILES string of the molecule is CCOC(=O)/C=C(/C(=O)OCC)c1cccc2ncccc12. The zero-order valence-corrected chi connectivity index (χ0v) is 12.5. The van der Waals surface area contributed by atoms with Gasteiger partial charge in [0.05, 0.1) is 24.3 Å². The van der Waals surface area contributed by atoms with E-state index in [-0.39, 0.29) is 18.8 Å². The van der Waals surface area contributed by atoms with Gasteiger partial charge in [0, 0.05) is 17.7 Å². The summed E-state index contributed by atoms with van der Waals surface area (Å²) in [4.78, 5) is 28.2. The maximum Gasteiger partial charge on any atom is 0.339 e. The van der Waals surface area contributed by atoms with E-state index in [1.165, 1.54) is 6.08 Å². The highest BCUT2D eigenvalue weighted by molar-refractivity contribution is 6.23. The molecule has 0 saturated heterocycles. The molecular weight excluding hydrogens is 282 g/mol. The normalized spacial score (nSPS) is 11.3. The first-order valence-electron chi connectivity index (χ1n) is 7.07. The van der Waals surface area contributed by atoms with Crippen LogP contribution in [0.15, 0.2) is 42.6 Å². The molecule has 2 rings (SSSR count). The molecule has 0 aliphatic heterocycles. The molecule has 2 aromatic rings. The van der Waals surface area contributed by atoms with Crippen LogP contribution in [0.5, 0.6) is 0 Å². The second-order valence-electron chi connectivity index (χ2n) is 4.41. The van der Waals surface area contributed by atoms with Crippen LogP contribution in [0, 0.1) is 0 Å². The number of fused-ring (bicyclic) bond motifs is 1. The fourth-order valence-electron chi connectivity index (χ4n) is 2.10. The van der Waals surface area contributed by atoms with Crippen LogP contribution in [0.2, 0.25) is 0 Å². The second-order valence-corrected chi connectivity index (χ2v) is 4.41. The lowest BCUT2D eigenvalue weighted by Crippen LogP contribution is -2.10. The smallest absolute Gasteiger partial charge is 0.339 e. The summed E-state index contributed by atoms with van der Waals surface area (Å²) >= 11 is 0. The van der Waals surface area contributed by atoms with Crippen LogP contribution in [0.1, 0.15) is 19.4 Å². The standard InChI is InChI=1S/C17H17NO4/c1-3-21-16(19)11-14(17(20)22-4-2)12-7-5-9-15-13(12)8-6-10-18-15/h5-11H,3-4H2,1-2H3/b14-11+. The van der Waals surface area contributed by atoms with Crippen molar-refractivity contribution in [1.29, 1.82) is 0 Å². The molecule has 1 aromatic carbocycles. The van der Waals surface area contributed by atoms with Crippen molar-refractivity contribution in [3.8, 4) is 0 Å². The number of pyridine rings is 1. The Kier molecular flexibility index (Phi) is 5.25. The summed E-state index contributed by atoms with van der Waals surface area (Å²) in [7, 11) is 0. The Morgan fingerprint density at radius 3 is 2.59 bits per heavy atom. The van der Waals surface area contributed by atoms with Gasteiger partial charge in [0.15, 0.2) is 0 Å². The number of hydrogen-bond acceptors (Lipinski definition) is 5. The Balaban J connectivity index is 2.56. The van der Waals surface area contributed by atoms with Gasteiger partial charge in [0.25, 0.3) is 0 Å². The van der Waals surface area contributed by atoms with Crippen molar-refractivity contribution in [2.75, 3.05) is 13.2 Å². The van der Waals surface area contributed by atoms with Crippen molar-refractivity contribution in [2.24, 2.45) is 0 Å². The third kappa shape index (κ3) is 3.49. The molecule has 0 spiro atoms. The van der Waals surface area contributed by atoms with Crippen LogP contribution in [-0.2, 0) is 19.1 Å². The zero-order valence-electron chi connectivity index (χ0n) is 12.5. The van der Waals surface area contributed by atoms with E-state index in [1.807, 2.05) is 12.1 Å². The predicted molar refractivity (Wildman–Crippen MR) is 83.0 cm³/mol. The lowest BCUT2D eigenvalue weighted by Gasteiger charge is -2.10. The third-order valence-electron chi connectivity index (χ3n) is 2.98. The molecule has 0 saturated carbocycles. The number of nitrogens with zero attached hydrogens (tertiary/aromatic N) is 1. The maximum absolute atomic E-state index is 12.2. The van der Waals surface area contributed by atoms with E-state index in [2.05, 4.69) is 4.98 Å². The molecule has 0 amide bonds. The summed E-state index contributed by atoms with van der Waals surface area (Å²) in [5.41, 5.74) is 1.50. The minimum Gasteiger partial charge on any atom is -0.463 e. The number of benzene rings is 1. The zero-order chi connectivity index (χ0) is 15.9. The minimum absolute atomic E-state index is 0.166. The lowest BCUT2D eigenvalue weighted by molar-refractivity contribution is -0.139. The van der Waals surface area contributed by atoms with Gasteiger partial charge in [-0.1, -0.05) is 18.2 Å². The van der Waals surface area contributed by atoms with Crippen molar-refractivity contribution in [2.45, 2.75) is 13.8 Å². The quantitative estimate of drug-likeness (QED) is 0.627. The van der Waals surface area contributed by atoms with Gasteiger partial charge in [0.1, 0.15) is 0 Å². The van der Waals surface area contributed by atoms with E-state index >= 15 is 0 Å². The Morgan fingerprint density at radius 1 is 1.09 bits per heavy atom. The first-order valence-corrected chi connectivity index (χ1v) is 7.07. The lowest BCUT2D eigenvalue weighted by atomic mass is 10.0. The highest BCUT2D eigenvalue weighted by Crippen LogP contribution is 2.25. The topological polar surface area (TPSA) is 65.5 Å². The number of esters is 2. The number of ether oxygens (including phenoxy) is 2. The Hall–Kier alpha value is -2.69. The van der Waals surface area contributed by atoms with Gasteiger partial charge in [-0.05, 0) is 31.5 Å². The largest absolute Gasteiger partial charge is 0.463 e. The van der Waals surface area contributed by atoms with E-state index in [4.69, 9.17) is 9.47 Å². The minimum atomic E-state index is -0.577. The molecular formula is C17H17NO4. The number of hydrogen-bond donors (Lipinski definition) is 0. The molecule has 0 atom stereocenters. The van der Waals surface area contributed by atoms with Gasteiger partial charge in [0.2, 0.25) is 0 Å². The Labute approximate surface area is 128 Å². The summed E-state index contributed by atoms with van der Waals surface area (Å²) in [6.07, 6.45) is 2.84. The predicted octanol–water partition coefficient (Wildman–Crippen LogP) is 2.74. The summed E-state index contributed by atoms with van der Waals surface area (Å²) in [5, 5.41) is 0.772. The molecule has 0 radical (unpaired) electrons. The van der Waals surface area contributed by atoms with E-state index in [9.17, 15) is 9.59 Å². The number of rotatable bonds is 5. The van der Waals surface area contributed by atoms with E-state index in [1.54, 1.807) is 38.2 Å². The highest BCUT2D eigenvalue weighted by Gasteiger charge is 2.18. The molecule has 114 valence electrons. The van der Waals surface area contributed by atoms with Crippen molar-refractivity contribution in [3.63, 3.8) is 0 Å². The van der Waals surface area contributed by atoms with Gasteiger partial charge < -0.3 is 9.47 Å². The molecule has 0 N–H and O–H groups in total. The number of aromatic nitrogens is 1. The van der Waals surface area contributed by atoms with Crippen molar-refractivity contribution in [1.82, 2.24) is 4.98 Å². The van der Waals surface area contributed by atoms with Crippen molar-refractivity contribution < 1.29 is 19.1 Å². The third-order valence-corrected chi connectivity index (χ3v) is 2.98. The van der Waals surface area contributed by atoms with E-state index in [0.717, 1.165) is 10.9 Å². The second kappa shape index (κ2) is 7.36. The first kappa shape index (κ1) is 15.7. The van der Waals surface area contributed by atoms with E-state index < -0.39 is 11.9 Å². The van der Waals surface area contributed by atoms with Gasteiger partial charge in [-0.2, -0.15) is 0 Å².